The highest BCUT2D eigenvalue weighted by Crippen LogP contribution is 2.44. The number of urea groups is 1. The molecule has 2 aromatic rings. The van der Waals surface area contributed by atoms with Crippen LogP contribution in [0.5, 0.6) is 0 Å². The number of thioether (sulfide) groups is 1. The van der Waals surface area contributed by atoms with E-state index in [1.807, 2.05) is 51.9 Å². The van der Waals surface area contributed by atoms with Gasteiger partial charge in [-0.2, -0.15) is 0 Å². The second-order valence-corrected chi connectivity index (χ2v) is 10.00. The van der Waals surface area contributed by atoms with Gasteiger partial charge in [0.1, 0.15) is 0 Å². The second-order valence-electron chi connectivity index (χ2n) is 7.19. The van der Waals surface area contributed by atoms with Gasteiger partial charge in [0.05, 0.1) is 4.87 Å². The van der Waals surface area contributed by atoms with Crippen LogP contribution in [0.1, 0.15) is 23.2 Å². The summed E-state index contributed by atoms with van der Waals surface area (Å²) in [5.74, 6) is 0.931. The van der Waals surface area contributed by atoms with E-state index in [1.54, 1.807) is 18.2 Å². The van der Waals surface area contributed by atoms with Crippen LogP contribution in [-0.2, 0) is 0 Å². The average molecular weight is 495 g/mol. The third kappa shape index (κ3) is 4.42. The minimum atomic E-state index is -0.244. The van der Waals surface area contributed by atoms with Gasteiger partial charge < -0.3 is 15.1 Å². The minimum Gasteiger partial charge on any atom is -0.324 e. The lowest BCUT2D eigenvalue weighted by Gasteiger charge is -2.44. The number of nitrogens with zero attached hydrogens (tertiary/aromatic N) is 2. The van der Waals surface area contributed by atoms with Crippen molar-refractivity contribution in [1.29, 1.82) is 0 Å². The van der Waals surface area contributed by atoms with E-state index in [1.165, 1.54) is 0 Å². The van der Waals surface area contributed by atoms with Gasteiger partial charge in [0.15, 0.2) is 0 Å². The van der Waals surface area contributed by atoms with Crippen LogP contribution >= 0.6 is 39.3 Å². The van der Waals surface area contributed by atoms with Gasteiger partial charge in [0, 0.05) is 46.1 Å². The lowest BCUT2D eigenvalue weighted by molar-refractivity contribution is 0.0585. The van der Waals surface area contributed by atoms with Crippen LogP contribution < -0.4 is 5.32 Å². The van der Waals surface area contributed by atoms with E-state index in [0.717, 1.165) is 35.3 Å². The Morgan fingerprint density at radius 3 is 2.55 bits per heavy atom. The van der Waals surface area contributed by atoms with E-state index in [4.69, 9.17) is 11.6 Å². The van der Waals surface area contributed by atoms with Crippen LogP contribution in [0.4, 0.5) is 10.5 Å². The number of halogens is 2. The van der Waals surface area contributed by atoms with Crippen LogP contribution in [0, 0.1) is 0 Å². The molecule has 152 valence electrons. The summed E-state index contributed by atoms with van der Waals surface area (Å²) in [6, 6.07) is 14.6. The summed E-state index contributed by atoms with van der Waals surface area (Å²) < 4.78 is 0.922. The summed E-state index contributed by atoms with van der Waals surface area (Å²) in [4.78, 5) is 29.3. The van der Waals surface area contributed by atoms with Crippen molar-refractivity contribution in [3.8, 4) is 0 Å². The maximum atomic E-state index is 13.1. The molecule has 2 aliphatic rings. The standard InChI is InChI=1S/C21H21BrClN3O2S/c22-16-4-2-6-18(14-16)24-20(28)25-9-7-21(8-10-25)26(11-12-29-21)19(27)15-3-1-5-17(23)13-15/h1-6,13-14H,7-12H2,(H,24,28). The molecule has 5 nitrogen and oxygen atoms in total. The topological polar surface area (TPSA) is 52.7 Å². The Balaban J connectivity index is 1.42. The molecule has 1 N–H and O–H groups in total. The van der Waals surface area contributed by atoms with Gasteiger partial charge in [0.2, 0.25) is 0 Å². The molecule has 0 aliphatic carbocycles. The summed E-state index contributed by atoms with van der Waals surface area (Å²) in [6.45, 7) is 1.96. The highest BCUT2D eigenvalue weighted by atomic mass is 79.9. The van der Waals surface area contributed by atoms with E-state index in [-0.39, 0.29) is 16.8 Å². The quantitative estimate of drug-likeness (QED) is 0.615. The Hall–Kier alpha value is -1.70. The van der Waals surface area contributed by atoms with Gasteiger partial charge >= 0.3 is 6.03 Å². The molecule has 8 heteroatoms. The Bertz CT molecular complexity index is 934. The monoisotopic (exact) mass is 493 g/mol. The van der Waals surface area contributed by atoms with Crippen molar-refractivity contribution in [1.82, 2.24) is 9.80 Å². The number of carbonyl (C=O) groups excluding carboxylic acids is 2. The molecule has 1 spiro atoms. The average Bonchev–Trinajstić information content (AvgIpc) is 3.11. The van der Waals surface area contributed by atoms with E-state index in [0.29, 0.717) is 23.7 Å². The maximum absolute atomic E-state index is 13.1. The molecule has 2 fully saturated rings. The highest BCUT2D eigenvalue weighted by molar-refractivity contribution is 9.10. The summed E-state index contributed by atoms with van der Waals surface area (Å²) >= 11 is 11.3. The smallest absolute Gasteiger partial charge is 0.321 e. The lowest BCUT2D eigenvalue weighted by atomic mass is 10.0. The molecule has 0 radical (unpaired) electrons. The third-order valence-electron chi connectivity index (χ3n) is 5.40. The van der Waals surface area contributed by atoms with E-state index in [2.05, 4.69) is 21.2 Å². The molecule has 2 aliphatic heterocycles. The normalized spacial score (nSPS) is 18.1. The van der Waals surface area contributed by atoms with Gasteiger partial charge in [-0.15, -0.1) is 11.8 Å². The van der Waals surface area contributed by atoms with E-state index >= 15 is 0 Å². The predicted molar refractivity (Wildman–Crippen MR) is 122 cm³/mol. The van der Waals surface area contributed by atoms with Crippen molar-refractivity contribution >= 4 is 56.9 Å². The molecule has 29 heavy (non-hydrogen) atoms. The van der Waals surface area contributed by atoms with Gasteiger partial charge in [-0.25, -0.2) is 4.79 Å². The van der Waals surface area contributed by atoms with Crippen molar-refractivity contribution in [3.05, 3.63) is 63.6 Å². The third-order valence-corrected chi connectivity index (χ3v) is 7.68. The van der Waals surface area contributed by atoms with Gasteiger partial charge in [-0.05, 0) is 49.2 Å². The zero-order valence-corrected chi connectivity index (χ0v) is 18.9. The minimum absolute atomic E-state index is 0.0181. The van der Waals surface area contributed by atoms with Crippen LogP contribution in [0.15, 0.2) is 53.0 Å². The van der Waals surface area contributed by atoms with Gasteiger partial charge in [0.25, 0.3) is 5.91 Å². The molecule has 0 aromatic heterocycles. The highest BCUT2D eigenvalue weighted by Gasteiger charge is 2.47. The fourth-order valence-corrected chi connectivity index (χ4v) is 5.96. The molecular weight excluding hydrogens is 474 g/mol. The van der Waals surface area contributed by atoms with Gasteiger partial charge in [-0.1, -0.05) is 39.7 Å². The molecule has 3 amide bonds. The maximum Gasteiger partial charge on any atom is 0.321 e. The molecule has 2 aromatic carbocycles. The molecule has 0 atom stereocenters. The Morgan fingerprint density at radius 1 is 1.07 bits per heavy atom. The lowest BCUT2D eigenvalue weighted by Crippen LogP contribution is -2.54. The van der Waals surface area contributed by atoms with E-state index in [9.17, 15) is 9.59 Å². The summed E-state index contributed by atoms with van der Waals surface area (Å²) in [7, 11) is 0. The second kappa shape index (κ2) is 8.58. The van der Waals surface area contributed by atoms with Crippen LogP contribution in [0.2, 0.25) is 5.02 Å². The number of amides is 3. The number of rotatable bonds is 2. The molecule has 4 rings (SSSR count). The van der Waals surface area contributed by atoms with E-state index < -0.39 is 0 Å². The number of hydrogen-bond donors (Lipinski definition) is 1. The predicted octanol–water partition coefficient (Wildman–Crippen LogP) is 5.32. The molecule has 2 heterocycles. The first-order valence-electron chi connectivity index (χ1n) is 9.50. The summed E-state index contributed by atoms with van der Waals surface area (Å²) in [5.41, 5.74) is 1.38. The largest absolute Gasteiger partial charge is 0.324 e. The Kier molecular flexibility index (Phi) is 6.08. The number of benzene rings is 2. The Morgan fingerprint density at radius 2 is 1.83 bits per heavy atom. The first kappa shape index (κ1) is 20.6. The van der Waals surface area contributed by atoms with Crippen molar-refractivity contribution in [2.24, 2.45) is 0 Å². The molecule has 2 saturated heterocycles. The van der Waals surface area contributed by atoms with Crippen molar-refractivity contribution < 1.29 is 9.59 Å². The Labute approximate surface area is 187 Å². The number of anilines is 1. The number of likely N-dealkylation sites (tertiary alicyclic amines) is 1. The summed E-state index contributed by atoms with van der Waals surface area (Å²) in [6.07, 6.45) is 1.52. The zero-order valence-electron chi connectivity index (χ0n) is 15.7. The first-order chi connectivity index (χ1) is 14.0. The molecule has 0 saturated carbocycles. The van der Waals surface area contributed by atoms with Crippen molar-refractivity contribution in [2.75, 3.05) is 30.7 Å². The molecular formula is C21H21BrClN3O2S. The number of carbonyl (C=O) groups is 2. The van der Waals surface area contributed by atoms with Gasteiger partial charge in [-0.3, -0.25) is 4.79 Å². The fraction of sp³-hybridized carbons (Fsp3) is 0.333. The van der Waals surface area contributed by atoms with Crippen molar-refractivity contribution in [3.63, 3.8) is 0 Å². The molecule has 0 bridgehead atoms. The summed E-state index contributed by atoms with van der Waals surface area (Å²) in [5, 5.41) is 3.52. The zero-order chi connectivity index (χ0) is 20.4. The number of hydrogen-bond acceptors (Lipinski definition) is 3. The first-order valence-corrected chi connectivity index (χ1v) is 11.7. The van der Waals surface area contributed by atoms with Crippen LogP contribution in [0.25, 0.3) is 0 Å². The number of nitrogens with one attached hydrogen (secondary N) is 1. The molecule has 0 unspecified atom stereocenters. The van der Waals surface area contributed by atoms with Crippen LogP contribution in [0.3, 0.4) is 0 Å². The SMILES string of the molecule is O=C(Nc1cccc(Br)c1)N1CCC2(CC1)SCCN2C(=O)c1cccc(Cl)c1. The van der Waals surface area contributed by atoms with Crippen molar-refractivity contribution in [2.45, 2.75) is 17.7 Å². The number of piperidine rings is 1. The fourth-order valence-electron chi connectivity index (χ4n) is 3.91. The van der Waals surface area contributed by atoms with Crippen LogP contribution in [-0.4, -0.2) is 52.0 Å².